The van der Waals surface area contributed by atoms with E-state index in [0.29, 0.717) is 13.0 Å². The van der Waals surface area contributed by atoms with Crippen LogP contribution in [0.1, 0.15) is 31.4 Å². The first-order chi connectivity index (χ1) is 10.7. The fourth-order valence-electron chi connectivity index (χ4n) is 2.95. The molecule has 2 aromatic rings. The fraction of sp³-hybridized carbons (Fsp3) is 0.389. The zero-order valence-electron chi connectivity index (χ0n) is 12.5. The van der Waals surface area contributed by atoms with Crippen molar-refractivity contribution in [2.75, 3.05) is 0 Å². The molecule has 0 saturated heterocycles. The third kappa shape index (κ3) is 3.57. The first kappa shape index (κ1) is 14.9. The molecule has 1 aliphatic carbocycles. The van der Waals surface area contributed by atoms with Crippen LogP contribution in [0.2, 0.25) is 0 Å². The van der Waals surface area contributed by atoms with Crippen LogP contribution in [0.4, 0.5) is 0 Å². The van der Waals surface area contributed by atoms with Crippen molar-refractivity contribution in [1.82, 2.24) is 5.32 Å². The standard InChI is InChI=1S/C18H21NO3/c20-15-8-4-7-14(11-15)18(21)19-12-16-9-10-17(22-16)13-5-2-1-3-6-13/h1-3,5-6,9-10,14-15,20H,4,7-8,11-12H2,(H,19,21)/t14-,15+/m1/s1. The van der Waals surface area contributed by atoms with Crippen LogP contribution < -0.4 is 5.32 Å². The molecule has 4 nitrogen and oxygen atoms in total. The smallest absolute Gasteiger partial charge is 0.223 e. The minimum Gasteiger partial charge on any atom is -0.459 e. The molecule has 4 heteroatoms. The minimum atomic E-state index is -0.335. The van der Waals surface area contributed by atoms with E-state index in [1.54, 1.807) is 0 Å². The average molecular weight is 299 g/mol. The van der Waals surface area contributed by atoms with Crippen LogP contribution in [0.25, 0.3) is 11.3 Å². The largest absolute Gasteiger partial charge is 0.459 e. The van der Waals surface area contributed by atoms with E-state index in [1.807, 2.05) is 42.5 Å². The van der Waals surface area contributed by atoms with Gasteiger partial charge >= 0.3 is 0 Å². The lowest BCUT2D eigenvalue weighted by Crippen LogP contribution is -2.34. The van der Waals surface area contributed by atoms with Gasteiger partial charge in [0.15, 0.2) is 0 Å². The van der Waals surface area contributed by atoms with Crippen molar-refractivity contribution < 1.29 is 14.3 Å². The zero-order valence-corrected chi connectivity index (χ0v) is 12.5. The Kier molecular flexibility index (Phi) is 4.59. The Morgan fingerprint density at radius 1 is 1.18 bits per heavy atom. The number of amides is 1. The van der Waals surface area contributed by atoms with Crippen molar-refractivity contribution in [3.63, 3.8) is 0 Å². The van der Waals surface area contributed by atoms with Crippen molar-refractivity contribution in [3.05, 3.63) is 48.2 Å². The molecule has 1 aliphatic rings. The van der Waals surface area contributed by atoms with Gasteiger partial charge in [0, 0.05) is 11.5 Å². The predicted molar refractivity (Wildman–Crippen MR) is 84.0 cm³/mol. The molecule has 0 spiro atoms. The quantitative estimate of drug-likeness (QED) is 0.912. The van der Waals surface area contributed by atoms with E-state index in [0.717, 1.165) is 36.3 Å². The van der Waals surface area contributed by atoms with Gasteiger partial charge in [-0.25, -0.2) is 0 Å². The van der Waals surface area contributed by atoms with Gasteiger partial charge in [-0.05, 0) is 31.4 Å². The van der Waals surface area contributed by atoms with Gasteiger partial charge in [0.25, 0.3) is 0 Å². The van der Waals surface area contributed by atoms with Crippen LogP contribution in [0.15, 0.2) is 46.9 Å². The Balaban J connectivity index is 1.56. The van der Waals surface area contributed by atoms with Gasteiger partial charge in [-0.1, -0.05) is 36.8 Å². The van der Waals surface area contributed by atoms with Gasteiger partial charge in [-0.2, -0.15) is 0 Å². The molecule has 2 atom stereocenters. The first-order valence-corrected chi connectivity index (χ1v) is 7.82. The van der Waals surface area contributed by atoms with Crippen molar-refractivity contribution in [1.29, 1.82) is 0 Å². The highest BCUT2D eigenvalue weighted by Crippen LogP contribution is 2.25. The zero-order chi connectivity index (χ0) is 15.4. The molecule has 0 unspecified atom stereocenters. The summed E-state index contributed by atoms with van der Waals surface area (Å²) in [5, 5.41) is 12.6. The second kappa shape index (κ2) is 6.79. The number of carbonyl (C=O) groups excluding carboxylic acids is 1. The van der Waals surface area contributed by atoms with Crippen LogP contribution in [0, 0.1) is 5.92 Å². The number of hydrogen-bond donors (Lipinski definition) is 2. The lowest BCUT2D eigenvalue weighted by Gasteiger charge is -2.24. The summed E-state index contributed by atoms with van der Waals surface area (Å²) in [7, 11) is 0. The van der Waals surface area contributed by atoms with Crippen molar-refractivity contribution in [2.24, 2.45) is 5.92 Å². The number of aliphatic hydroxyl groups excluding tert-OH is 1. The molecule has 1 amide bonds. The summed E-state index contributed by atoms with van der Waals surface area (Å²) in [5.41, 5.74) is 1.02. The lowest BCUT2D eigenvalue weighted by molar-refractivity contribution is -0.127. The van der Waals surface area contributed by atoms with Crippen molar-refractivity contribution >= 4 is 5.91 Å². The van der Waals surface area contributed by atoms with E-state index in [4.69, 9.17) is 4.42 Å². The molecular formula is C18H21NO3. The predicted octanol–water partition coefficient (Wildman–Crippen LogP) is 3.11. The van der Waals surface area contributed by atoms with Crippen LogP contribution in [-0.2, 0) is 11.3 Å². The lowest BCUT2D eigenvalue weighted by atomic mass is 9.87. The van der Waals surface area contributed by atoms with E-state index < -0.39 is 0 Å². The summed E-state index contributed by atoms with van der Waals surface area (Å²) in [5.74, 6) is 1.48. The molecule has 2 N–H and O–H groups in total. The Bertz CT molecular complexity index is 620. The Hall–Kier alpha value is -2.07. The summed E-state index contributed by atoms with van der Waals surface area (Å²) in [6.07, 6.45) is 2.81. The van der Waals surface area contributed by atoms with Gasteiger partial charge in [0.1, 0.15) is 11.5 Å². The van der Waals surface area contributed by atoms with E-state index in [-0.39, 0.29) is 17.9 Å². The number of carbonyl (C=O) groups is 1. The van der Waals surface area contributed by atoms with E-state index >= 15 is 0 Å². The van der Waals surface area contributed by atoms with Crippen LogP contribution in [0.3, 0.4) is 0 Å². The second-order valence-electron chi connectivity index (χ2n) is 5.87. The molecule has 1 heterocycles. The summed E-state index contributed by atoms with van der Waals surface area (Å²) in [6.45, 7) is 0.387. The van der Waals surface area contributed by atoms with Gasteiger partial charge in [0.2, 0.25) is 5.91 Å². The van der Waals surface area contributed by atoms with Crippen LogP contribution in [-0.4, -0.2) is 17.1 Å². The molecule has 0 aliphatic heterocycles. The molecular weight excluding hydrogens is 278 g/mol. The van der Waals surface area contributed by atoms with Gasteiger partial charge in [-0.3, -0.25) is 4.79 Å². The molecule has 1 aromatic carbocycles. The third-order valence-electron chi connectivity index (χ3n) is 4.17. The fourth-order valence-corrected chi connectivity index (χ4v) is 2.95. The molecule has 1 aromatic heterocycles. The molecule has 0 radical (unpaired) electrons. The first-order valence-electron chi connectivity index (χ1n) is 7.82. The highest BCUT2D eigenvalue weighted by molar-refractivity contribution is 5.78. The molecule has 22 heavy (non-hydrogen) atoms. The summed E-state index contributed by atoms with van der Waals surface area (Å²) in [6, 6.07) is 13.7. The number of nitrogens with one attached hydrogen (secondary N) is 1. The maximum Gasteiger partial charge on any atom is 0.223 e. The van der Waals surface area contributed by atoms with Crippen LogP contribution in [0.5, 0.6) is 0 Å². The maximum absolute atomic E-state index is 12.1. The number of rotatable bonds is 4. The Labute approximate surface area is 130 Å². The maximum atomic E-state index is 12.1. The number of furan rings is 1. The molecule has 0 bridgehead atoms. The Morgan fingerprint density at radius 3 is 2.77 bits per heavy atom. The summed E-state index contributed by atoms with van der Waals surface area (Å²) in [4.78, 5) is 12.1. The van der Waals surface area contributed by atoms with Crippen molar-refractivity contribution in [2.45, 2.75) is 38.3 Å². The van der Waals surface area contributed by atoms with Gasteiger partial charge in [-0.15, -0.1) is 0 Å². The van der Waals surface area contributed by atoms with Gasteiger partial charge in [0.05, 0.1) is 12.6 Å². The van der Waals surface area contributed by atoms with Gasteiger partial charge < -0.3 is 14.8 Å². The number of hydrogen-bond acceptors (Lipinski definition) is 3. The highest BCUT2D eigenvalue weighted by atomic mass is 16.3. The SMILES string of the molecule is O=C(NCc1ccc(-c2ccccc2)o1)[C@@H]1CCC[C@H](O)C1. The third-order valence-corrected chi connectivity index (χ3v) is 4.17. The topological polar surface area (TPSA) is 62.5 Å². The van der Waals surface area contributed by atoms with E-state index in [2.05, 4.69) is 5.32 Å². The van der Waals surface area contributed by atoms with E-state index in [9.17, 15) is 9.90 Å². The highest BCUT2D eigenvalue weighted by Gasteiger charge is 2.25. The Morgan fingerprint density at radius 2 is 2.00 bits per heavy atom. The number of aliphatic hydroxyl groups is 1. The normalized spacial score (nSPS) is 21.5. The summed E-state index contributed by atoms with van der Waals surface area (Å²) >= 11 is 0. The summed E-state index contributed by atoms with van der Waals surface area (Å²) < 4.78 is 5.76. The average Bonchev–Trinajstić information content (AvgIpc) is 3.02. The molecule has 1 fully saturated rings. The minimum absolute atomic E-state index is 0.0106. The second-order valence-corrected chi connectivity index (χ2v) is 5.87. The van der Waals surface area contributed by atoms with E-state index in [1.165, 1.54) is 0 Å². The molecule has 3 rings (SSSR count). The molecule has 1 saturated carbocycles. The monoisotopic (exact) mass is 299 g/mol. The van der Waals surface area contributed by atoms with Crippen LogP contribution >= 0.6 is 0 Å². The van der Waals surface area contributed by atoms with Crippen molar-refractivity contribution in [3.8, 4) is 11.3 Å². The molecule has 116 valence electrons. The number of benzene rings is 1.